The van der Waals surface area contributed by atoms with Crippen molar-refractivity contribution in [2.75, 3.05) is 0 Å². The number of allylic oxidation sites excluding steroid dienone is 1. The van der Waals surface area contributed by atoms with Gasteiger partial charge in [-0.1, -0.05) is 49.6 Å². The second kappa shape index (κ2) is 9.59. The van der Waals surface area contributed by atoms with Gasteiger partial charge in [0.1, 0.15) is 0 Å². The van der Waals surface area contributed by atoms with E-state index in [1.54, 1.807) is 6.08 Å². The number of hydrogen-bond acceptors (Lipinski definition) is 0. The van der Waals surface area contributed by atoms with E-state index < -0.39 is 0 Å². The fourth-order valence-electron chi connectivity index (χ4n) is 0.803. The molecule has 0 aliphatic rings. The summed E-state index contributed by atoms with van der Waals surface area (Å²) in [4.78, 5) is 0. The van der Waals surface area contributed by atoms with Crippen molar-refractivity contribution in [3.63, 3.8) is 0 Å². The Kier molecular flexibility index (Phi) is 9.23. The number of hydrogen-bond donors (Lipinski definition) is 0. The normalized spacial score (nSPS) is 9.64. The minimum atomic E-state index is 1.00. The van der Waals surface area contributed by atoms with Crippen LogP contribution in [-0.2, 0) is 0 Å². The van der Waals surface area contributed by atoms with Crippen LogP contribution >= 0.6 is 11.6 Å². The van der Waals surface area contributed by atoms with Crippen LogP contribution in [-0.4, -0.2) is 0 Å². The third-order valence-electron chi connectivity index (χ3n) is 1.40. The van der Waals surface area contributed by atoms with Gasteiger partial charge in [0.2, 0.25) is 0 Å². The van der Waals surface area contributed by atoms with Crippen LogP contribution in [0.4, 0.5) is 0 Å². The lowest BCUT2D eigenvalue weighted by Crippen LogP contribution is -1.73. The molecule has 0 heterocycles. The predicted octanol–water partition coefficient (Wildman–Crippen LogP) is 3.71. The van der Waals surface area contributed by atoms with E-state index in [0.717, 1.165) is 6.42 Å². The zero-order valence-corrected chi connectivity index (χ0v) is 7.82. The molecule has 0 aliphatic carbocycles. The lowest BCUT2D eigenvalue weighted by molar-refractivity contribution is 0.679. The Bertz CT molecular complexity index is 148. The van der Waals surface area contributed by atoms with E-state index in [4.69, 9.17) is 11.6 Å². The van der Waals surface area contributed by atoms with Crippen LogP contribution in [0.1, 0.15) is 39.0 Å². The average Bonchev–Trinajstić information content (AvgIpc) is 2.03. The van der Waals surface area contributed by atoms with E-state index in [9.17, 15) is 0 Å². The van der Waals surface area contributed by atoms with Crippen LogP contribution in [0.2, 0.25) is 0 Å². The maximum Gasteiger partial charge on any atom is 0.0126 e. The Morgan fingerprint density at radius 2 is 2.09 bits per heavy atom. The first-order valence-corrected chi connectivity index (χ1v) is 4.59. The van der Waals surface area contributed by atoms with Gasteiger partial charge < -0.3 is 0 Å². The van der Waals surface area contributed by atoms with Gasteiger partial charge in [-0.2, -0.15) is 0 Å². The van der Waals surface area contributed by atoms with Gasteiger partial charge in [-0.3, -0.25) is 0 Å². The molecule has 0 fully saturated rings. The van der Waals surface area contributed by atoms with Crippen molar-refractivity contribution >= 4 is 11.6 Å². The third-order valence-corrected chi connectivity index (χ3v) is 1.53. The van der Waals surface area contributed by atoms with Crippen LogP contribution in [0.5, 0.6) is 0 Å². The Labute approximate surface area is 74.6 Å². The van der Waals surface area contributed by atoms with Gasteiger partial charge in [0, 0.05) is 12.0 Å². The first-order valence-electron chi connectivity index (χ1n) is 4.15. The van der Waals surface area contributed by atoms with Gasteiger partial charge in [-0.25, -0.2) is 0 Å². The smallest absolute Gasteiger partial charge is 0.0126 e. The highest BCUT2D eigenvalue weighted by atomic mass is 35.5. The molecule has 0 N–H and O–H groups in total. The van der Waals surface area contributed by atoms with E-state index in [1.807, 2.05) is 0 Å². The van der Waals surface area contributed by atoms with Crippen molar-refractivity contribution in [3.8, 4) is 11.8 Å². The SMILES string of the molecule is CCCCCCC#C/C=C/Cl. The molecule has 0 saturated carbocycles. The van der Waals surface area contributed by atoms with Gasteiger partial charge in [-0.15, -0.1) is 0 Å². The van der Waals surface area contributed by atoms with Crippen molar-refractivity contribution in [1.29, 1.82) is 0 Å². The molecular weight excluding hydrogens is 156 g/mol. The molecule has 0 aromatic heterocycles. The fraction of sp³-hybridized carbons (Fsp3) is 0.600. The number of unbranched alkanes of at least 4 members (excludes halogenated alkanes) is 4. The zero-order chi connectivity index (χ0) is 8.36. The Balaban J connectivity index is 3.08. The predicted molar refractivity (Wildman–Crippen MR) is 51.5 cm³/mol. The van der Waals surface area contributed by atoms with Crippen molar-refractivity contribution in [2.45, 2.75) is 39.0 Å². The summed E-state index contributed by atoms with van der Waals surface area (Å²) >= 11 is 5.28. The lowest BCUT2D eigenvalue weighted by atomic mass is 10.2. The van der Waals surface area contributed by atoms with E-state index in [1.165, 1.54) is 31.2 Å². The molecule has 0 aromatic carbocycles. The molecule has 0 saturated heterocycles. The van der Waals surface area contributed by atoms with Crippen LogP contribution in [0.3, 0.4) is 0 Å². The monoisotopic (exact) mass is 170 g/mol. The Hall–Kier alpha value is -0.410. The summed E-state index contributed by atoms with van der Waals surface area (Å²) in [7, 11) is 0. The molecule has 11 heavy (non-hydrogen) atoms. The van der Waals surface area contributed by atoms with E-state index in [2.05, 4.69) is 18.8 Å². The Morgan fingerprint density at radius 3 is 2.73 bits per heavy atom. The number of halogens is 1. The first-order chi connectivity index (χ1) is 5.41. The summed E-state index contributed by atoms with van der Waals surface area (Å²) in [6, 6.07) is 0. The van der Waals surface area contributed by atoms with Gasteiger partial charge >= 0.3 is 0 Å². The van der Waals surface area contributed by atoms with Crippen molar-refractivity contribution in [2.24, 2.45) is 0 Å². The van der Waals surface area contributed by atoms with Gasteiger partial charge in [0.05, 0.1) is 0 Å². The minimum absolute atomic E-state index is 1.00. The first kappa shape index (κ1) is 10.6. The summed E-state index contributed by atoms with van der Waals surface area (Å²) in [5.74, 6) is 5.87. The van der Waals surface area contributed by atoms with E-state index >= 15 is 0 Å². The van der Waals surface area contributed by atoms with Crippen LogP contribution < -0.4 is 0 Å². The highest BCUT2D eigenvalue weighted by Gasteiger charge is 1.82. The molecule has 0 atom stereocenters. The summed E-state index contributed by atoms with van der Waals surface area (Å²) < 4.78 is 0. The molecular formula is C10H15Cl. The second-order valence-electron chi connectivity index (χ2n) is 2.42. The molecule has 0 rings (SSSR count). The molecule has 0 unspecified atom stereocenters. The third kappa shape index (κ3) is 9.59. The van der Waals surface area contributed by atoms with Gasteiger partial charge in [0.15, 0.2) is 0 Å². The molecule has 0 aromatic rings. The fourth-order valence-corrected chi connectivity index (χ4v) is 0.866. The molecule has 0 spiro atoms. The molecule has 0 radical (unpaired) electrons. The topological polar surface area (TPSA) is 0 Å². The summed E-state index contributed by atoms with van der Waals surface area (Å²) in [6.45, 7) is 2.21. The van der Waals surface area contributed by atoms with Crippen molar-refractivity contribution < 1.29 is 0 Å². The Morgan fingerprint density at radius 1 is 1.27 bits per heavy atom. The zero-order valence-electron chi connectivity index (χ0n) is 7.07. The van der Waals surface area contributed by atoms with E-state index in [-0.39, 0.29) is 0 Å². The van der Waals surface area contributed by atoms with Crippen LogP contribution in [0, 0.1) is 11.8 Å². The minimum Gasteiger partial charge on any atom is -0.0985 e. The van der Waals surface area contributed by atoms with Crippen LogP contribution in [0.25, 0.3) is 0 Å². The molecule has 1 heteroatoms. The highest BCUT2D eigenvalue weighted by Crippen LogP contribution is 2.00. The maximum atomic E-state index is 5.28. The molecule has 0 nitrogen and oxygen atoms in total. The molecule has 0 bridgehead atoms. The maximum absolute atomic E-state index is 5.28. The van der Waals surface area contributed by atoms with E-state index in [0.29, 0.717) is 0 Å². The molecule has 0 aliphatic heterocycles. The van der Waals surface area contributed by atoms with Crippen molar-refractivity contribution in [1.82, 2.24) is 0 Å². The lowest BCUT2D eigenvalue weighted by Gasteiger charge is -1.91. The summed E-state index contributed by atoms with van der Waals surface area (Å²) in [5.41, 5.74) is 1.44. The molecule has 0 amide bonds. The average molecular weight is 171 g/mol. The largest absolute Gasteiger partial charge is 0.0985 e. The van der Waals surface area contributed by atoms with Gasteiger partial charge in [0.25, 0.3) is 0 Å². The second-order valence-corrected chi connectivity index (χ2v) is 2.68. The summed E-state index contributed by atoms with van der Waals surface area (Å²) in [5, 5.41) is 0. The highest BCUT2D eigenvalue weighted by molar-refractivity contribution is 6.25. The summed E-state index contributed by atoms with van der Waals surface area (Å²) in [6.07, 6.45) is 7.80. The quantitative estimate of drug-likeness (QED) is 0.446. The van der Waals surface area contributed by atoms with Gasteiger partial charge in [-0.05, 0) is 12.5 Å². The number of rotatable bonds is 4. The van der Waals surface area contributed by atoms with Crippen molar-refractivity contribution in [3.05, 3.63) is 11.6 Å². The standard InChI is InChI=1S/C10H15Cl/c1-2-3-4-5-6-7-8-9-10-11/h9-10H,2-6H2,1H3/b10-9+. The molecule has 62 valence electrons. The van der Waals surface area contributed by atoms with Crippen LogP contribution in [0.15, 0.2) is 11.6 Å².